The fourth-order valence-corrected chi connectivity index (χ4v) is 5.69. The average molecular weight is 437 g/mol. The molecule has 4 rings (SSSR count). The number of esters is 1. The van der Waals surface area contributed by atoms with Crippen LogP contribution in [0.15, 0.2) is 60.7 Å². The van der Waals surface area contributed by atoms with Crippen LogP contribution in [0, 0.1) is 5.92 Å². The van der Waals surface area contributed by atoms with Crippen molar-refractivity contribution in [2.24, 2.45) is 5.92 Å². The van der Waals surface area contributed by atoms with Crippen LogP contribution >= 0.6 is 0 Å². The van der Waals surface area contributed by atoms with Crippen LogP contribution in [0.2, 0.25) is 0 Å². The molecule has 1 aliphatic heterocycles. The fraction of sp³-hybridized carbons (Fsp3) is 0.536. The Bertz CT molecular complexity index is 865. The van der Waals surface area contributed by atoms with E-state index in [9.17, 15) is 9.90 Å². The lowest BCUT2D eigenvalue weighted by atomic mass is 9.73. The molecule has 1 N–H and O–H groups in total. The highest BCUT2D eigenvalue weighted by Crippen LogP contribution is 2.41. The maximum absolute atomic E-state index is 13.5. The second-order valence-corrected chi connectivity index (χ2v) is 10.1. The first kappa shape index (κ1) is 23.0. The number of piperidine rings is 1. The molecule has 4 nitrogen and oxygen atoms in total. The first-order chi connectivity index (χ1) is 15.5. The smallest absolute Gasteiger partial charge is 0.343 e. The van der Waals surface area contributed by atoms with Crippen LogP contribution in [-0.4, -0.2) is 48.3 Å². The van der Waals surface area contributed by atoms with Crippen molar-refractivity contribution in [2.75, 3.05) is 26.7 Å². The molecule has 1 saturated carbocycles. The van der Waals surface area contributed by atoms with Gasteiger partial charge < -0.3 is 14.3 Å². The summed E-state index contributed by atoms with van der Waals surface area (Å²) < 4.78 is 7.01. The predicted octanol–water partition coefficient (Wildman–Crippen LogP) is 4.85. The molecule has 0 spiro atoms. The van der Waals surface area contributed by atoms with Gasteiger partial charge in [0, 0.05) is 18.8 Å². The first-order valence-corrected chi connectivity index (χ1v) is 12.4. The van der Waals surface area contributed by atoms with Crippen LogP contribution in [-0.2, 0) is 21.6 Å². The molecule has 2 aromatic carbocycles. The lowest BCUT2D eigenvalue weighted by Crippen LogP contribution is -2.56. The van der Waals surface area contributed by atoms with Gasteiger partial charge in [-0.1, -0.05) is 79.9 Å². The van der Waals surface area contributed by atoms with Gasteiger partial charge in [0.25, 0.3) is 0 Å². The van der Waals surface area contributed by atoms with Crippen molar-refractivity contribution < 1.29 is 19.1 Å². The van der Waals surface area contributed by atoms with E-state index in [1.54, 1.807) is 0 Å². The highest BCUT2D eigenvalue weighted by atomic mass is 16.6. The molecule has 0 radical (unpaired) electrons. The number of nitrogens with zero attached hydrogens (tertiary/aromatic N) is 1. The highest BCUT2D eigenvalue weighted by molar-refractivity contribution is 5.81. The summed E-state index contributed by atoms with van der Waals surface area (Å²) in [6, 6.07) is 20.0. The van der Waals surface area contributed by atoms with E-state index in [2.05, 4.69) is 37.4 Å². The Morgan fingerprint density at radius 2 is 1.62 bits per heavy atom. The number of hydrogen-bond donors (Lipinski definition) is 1. The Morgan fingerprint density at radius 3 is 2.31 bits per heavy atom. The average Bonchev–Trinajstić information content (AvgIpc) is 2.84. The molecule has 32 heavy (non-hydrogen) atoms. The van der Waals surface area contributed by atoms with Crippen molar-refractivity contribution in [1.82, 2.24) is 0 Å². The van der Waals surface area contributed by atoms with Gasteiger partial charge in [0.1, 0.15) is 6.54 Å². The SMILES string of the molecule is C[N+]1(CCc2ccccc2)CCCC(OC(=O)[C@](O)(c2ccccc2)C2CCCCC2)C1. The van der Waals surface area contributed by atoms with Crippen molar-refractivity contribution in [3.05, 3.63) is 71.8 Å². The van der Waals surface area contributed by atoms with E-state index >= 15 is 0 Å². The number of likely N-dealkylation sites (tertiary alicyclic amines) is 1. The van der Waals surface area contributed by atoms with Gasteiger partial charge in [-0.15, -0.1) is 0 Å². The third-order valence-electron chi connectivity index (χ3n) is 7.65. The van der Waals surface area contributed by atoms with E-state index in [1.165, 1.54) is 12.0 Å². The zero-order valence-electron chi connectivity index (χ0n) is 19.4. The normalized spacial score (nSPS) is 26.2. The van der Waals surface area contributed by atoms with Gasteiger partial charge >= 0.3 is 5.97 Å². The van der Waals surface area contributed by atoms with Crippen molar-refractivity contribution in [3.8, 4) is 0 Å². The molecule has 172 valence electrons. The highest BCUT2D eigenvalue weighted by Gasteiger charge is 2.48. The summed E-state index contributed by atoms with van der Waals surface area (Å²) in [5.74, 6) is -0.522. The fourth-order valence-electron chi connectivity index (χ4n) is 5.69. The maximum atomic E-state index is 13.5. The van der Waals surface area contributed by atoms with E-state index < -0.39 is 11.6 Å². The quantitative estimate of drug-likeness (QED) is 0.499. The Labute approximate surface area is 192 Å². The number of rotatable bonds is 7. The van der Waals surface area contributed by atoms with Crippen molar-refractivity contribution in [2.45, 2.75) is 63.1 Å². The van der Waals surface area contributed by atoms with Gasteiger partial charge in [-0.25, -0.2) is 4.79 Å². The summed E-state index contributed by atoms with van der Waals surface area (Å²) in [7, 11) is 2.27. The van der Waals surface area contributed by atoms with Crippen LogP contribution in [0.4, 0.5) is 0 Å². The number of ether oxygens (including phenoxy) is 1. The molecule has 0 bridgehead atoms. The lowest BCUT2D eigenvalue weighted by molar-refractivity contribution is -0.916. The Hall–Kier alpha value is -2.17. The van der Waals surface area contributed by atoms with Crippen molar-refractivity contribution in [1.29, 1.82) is 0 Å². The van der Waals surface area contributed by atoms with Gasteiger partial charge in [0.05, 0.1) is 20.1 Å². The standard InChI is InChI=1S/C28H38NO3/c1-29(21-19-23-12-5-2-6-13-23)20-11-18-26(22-29)32-27(30)28(31,24-14-7-3-8-15-24)25-16-9-4-10-17-25/h2-3,5-8,12-15,25-26,31H,4,9-11,16-22H2,1H3/q+1/t26?,28-,29?/m0/s1. The van der Waals surface area contributed by atoms with Crippen LogP contribution in [0.25, 0.3) is 0 Å². The molecule has 3 atom stereocenters. The zero-order chi connectivity index (χ0) is 22.4. The van der Waals surface area contributed by atoms with E-state index in [0.717, 1.165) is 69.1 Å². The topological polar surface area (TPSA) is 46.5 Å². The summed E-state index contributed by atoms with van der Waals surface area (Å²) in [5.41, 5.74) is 0.475. The molecule has 0 amide bonds. The molecule has 1 aliphatic carbocycles. The first-order valence-electron chi connectivity index (χ1n) is 12.4. The monoisotopic (exact) mass is 436 g/mol. The second-order valence-electron chi connectivity index (χ2n) is 10.1. The van der Waals surface area contributed by atoms with Gasteiger partial charge in [0.2, 0.25) is 0 Å². The zero-order valence-corrected chi connectivity index (χ0v) is 19.4. The number of quaternary nitrogens is 1. The number of hydrogen-bond acceptors (Lipinski definition) is 3. The summed E-state index contributed by atoms with van der Waals surface area (Å²) in [6.45, 7) is 2.95. The van der Waals surface area contributed by atoms with Gasteiger partial charge in [0.15, 0.2) is 11.7 Å². The van der Waals surface area contributed by atoms with Gasteiger partial charge in [-0.3, -0.25) is 0 Å². The van der Waals surface area contributed by atoms with Gasteiger partial charge in [-0.2, -0.15) is 0 Å². The molecular weight excluding hydrogens is 398 g/mol. The number of benzene rings is 2. The molecular formula is C28H38NO3+. The summed E-state index contributed by atoms with van der Waals surface area (Å²) >= 11 is 0. The Morgan fingerprint density at radius 1 is 0.969 bits per heavy atom. The molecule has 4 heteroatoms. The summed E-state index contributed by atoms with van der Waals surface area (Å²) in [5, 5.41) is 11.8. The minimum absolute atomic E-state index is 0.0753. The molecule has 2 unspecified atom stereocenters. The second kappa shape index (κ2) is 10.2. The lowest BCUT2D eigenvalue weighted by Gasteiger charge is -2.42. The minimum Gasteiger partial charge on any atom is -0.454 e. The van der Waals surface area contributed by atoms with Crippen LogP contribution in [0.1, 0.15) is 56.1 Å². The van der Waals surface area contributed by atoms with Crippen LogP contribution < -0.4 is 0 Å². The molecule has 2 aromatic rings. The number of carbonyl (C=O) groups is 1. The van der Waals surface area contributed by atoms with E-state index in [0.29, 0.717) is 5.56 Å². The van der Waals surface area contributed by atoms with E-state index in [-0.39, 0.29) is 12.0 Å². The largest absolute Gasteiger partial charge is 0.454 e. The van der Waals surface area contributed by atoms with Crippen LogP contribution in [0.3, 0.4) is 0 Å². The Kier molecular flexibility index (Phi) is 7.32. The molecule has 1 heterocycles. The van der Waals surface area contributed by atoms with E-state index in [4.69, 9.17) is 4.74 Å². The van der Waals surface area contributed by atoms with Gasteiger partial charge in [-0.05, 0) is 30.4 Å². The summed E-state index contributed by atoms with van der Waals surface area (Å²) in [4.78, 5) is 13.5. The van der Waals surface area contributed by atoms with Crippen molar-refractivity contribution in [3.63, 3.8) is 0 Å². The van der Waals surface area contributed by atoms with E-state index in [1.807, 2.05) is 30.3 Å². The molecule has 2 fully saturated rings. The number of likely N-dealkylation sites (N-methyl/N-ethyl adjacent to an activating group) is 1. The molecule has 1 saturated heterocycles. The third kappa shape index (κ3) is 5.24. The predicted molar refractivity (Wildman–Crippen MR) is 127 cm³/mol. The van der Waals surface area contributed by atoms with Crippen LogP contribution in [0.5, 0.6) is 0 Å². The molecule has 2 aliphatic rings. The number of carbonyl (C=O) groups excluding carboxylic acids is 1. The minimum atomic E-state index is -1.55. The summed E-state index contributed by atoms with van der Waals surface area (Å²) in [6.07, 6.45) is 7.83. The Balaban J connectivity index is 1.45. The third-order valence-corrected chi connectivity index (χ3v) is 7.65. The number of aliphatic hydroxyl groups is 1. The van der Waals surface area contributed by atoms with Crippen molar-refractivity contribution >= 4 is 5.97 Å². The molecule has 0 aromatic heterocycles. The maximum Gasteiger partial charge on any atom is 0.343 e.